The van der Waals surface area contributed by atoms with Crippen molar-refractivity contribution < 1.29 is 27.9 Å². The van der Waals surface area contributed by atoms with Gasteiger partial charge in [-0.2, -0.15) is 0 Å². The minimum absolute atomic E-state index is 0.0452. The third kappa shape index (κ3) is 2.40. The fraction of sp³-hybridized carbons (Fsp3) is 0.143. The molecule has 20 heavy (non-hydrogen) atoms. The average Bonchev–Trinajstić information content (AvgIpc) is 2.93. The molecule has 0 radical (unpaired) electrons. The van der Waals surface area contributed by atoms with E-state index in [1.807, 2.05) is 0 Å². The summed E-state index contributed by atoms with van der Waals surface area (Å²) in [6.45, 7) is 0. The molecular formula is C14H11FO5. The number of halogens is 1. The van der Waals surface area contributed by atoms with Crippen molar-refractivity contribution in [3.05, 3.63) is 41.4 Å². The quantitative estimate of drug-likeness (QED) is 0.635. The molecule has 0 saturated heterocycles. The molecule has 0 saturated carbocycles. The lowest BCUT2D eigenvalue weighted by Crippen LogP contribution is -2.05. The van der Waals surface area contributed by atoms with Gasteiger partial charge < -0.3 is 13.9 Å². The lowest BCUT2D eigenvalue weighted by atomic mass is 10.0. The zero-order valence-electron chi connectivity index (χ0n) is 10.8. The third-order valence-electron chi connectivity index (χ3n) is 2.68. The van der Waals surface area contributed by atoms with Crippen molar-refractivity contribution in [2.75, 3.05) is 14.2 Å². The molecule has 2 rings (SSSR count). The monoisotopic (exact) mass is 278 g/mol. The summed E-state index contributed by atoms with van der Waals surface area (Å²) in [7, 11) is 2.52. The van der Waals surface area contributed by atoms with Gasteiger partial charge in [-0.3, -0.25) is 4.79 Å². The molecule has 0 spiro atoms. The van der Waals surface area contributed by atoms with Crippen LogP contribution in [0.15, 0.2) is 28.7 Å². The van der Waals surface area contributed by atoms with Crippen LogP contribution in [0.25, 0.3) is 11.3 Å². The van der Waals surface area contributed by atoms with E-state index in [9.17, 15) is 14.0 Å². The second-order valence-corrected chi connectivity index (χ2v) is 3.84. The van der Waals surface area contributed by atoms with Crippen LogP contribution in [0.1, 0.15) is 20.9 Å². The third-order valence-corrected chi connectivity index (χ3v) is 2.68. The first-order valence-corrected chi connectivity index (χ1v) is 5.62. The van der Waals surface area contributed by atoms with Crippen molar-refractivity contribution in [1.29, 1.82) is 0 Å². The van der Waals surface area contributed by atoms with Crippen molar-refractivity contribution in [2.24, 2.45) is 0 Å². The molecule has 2 aromatic rings. The summed E-state index contributed by atoms with van der Waals surface area (Å²) < 4.78 is 28.4. The van der Waals surface area contributed by atoms with Crippen LogP contribution in [0, 0.1) is 5.82 Å². The van der Waals surface area contributed by atoms with Crippen molar-refractivity contribution >= 4 is 12.3 Å². The predicted molar refractivity (Wildman–Crippen MR) is 67.4 cm³/mol. The molecule has 0 N–H and O–H groups in total. The molecule has 5 nitrogen and oxygen atoms in total. The highest BCUT2D eigenvalue weighted by molar-refractivity contribution is 5.98. The summed E-state index contributed by atoms with van der Waals surface area (Å²) in [4.78, 5) is 22.4. The lowest BCUT2D eigenvalue weighted by molar-refractivity contribution is 0.0600. The first-order valence-electron chi connectivity index (χ1n) is 5.62. The van der Waals surface area contributed by atoms with Crippen LogP contribution >= 0.6 is 0 Å². The highest BCUT2D eigenvalue weighted by Gasteiger charge is 2.22. The summed E-state index contributed by atoms with van der Waals surface area (Å²) >= 11 is 0. The number of aldehydes is 1. The number of rotatable bonds is 4. The number of hydrogen-bond donors (Lipinski definition) is 0. The smallest absolute Gasteiger partial charge is 0.338 e. The topological polar surface area (TPSA) is 65.7 Å². The van der Waals surface area contributed by atoms with E-state index in [-0.39, 0.29) is 28.4 Å². The summed E-state index contributed by atoms with van der Waals surface area (Å²) in [6.07, 6.45) is 0.525. The van der Waals surface area contributed by atoms with E-state index in [0.29, 0.717) is 6.29 Å². The van der Waals surface area contributed by atoms with Crippen molar-refractivity contribution in [3.8, 4) is 17.1 Å². The van der Waals surface area contributed by atoms with Gasteiger partial charge in [-0.25, -0.2) is 9.18 Å². The molecule has 1 aromatic heterocycles. The fourth-order valence-electron chi connectivity index (χ4n) is 1.82. The highest BCUT2D eigenvalue weighted by Crippen LogP contribution is 2.35. The highest BCUT2D eigenvalue weighted by atomic mass is 19.1. The minimum atomic E-state index is -0.734. The van der Waals surface area contributed by atoms with Crippen molar-refractivity contribution in [1.82, 2.24) is 0 Å². The van der Waals surface area contributed by atoms with E-state index < -0.39 is 11.8 Å². The molecule has 6 heteroatoms. The summed E-state index contributed by atoms with van der Waals surface area (Å²) in [5.74, 6) is -0.973. The Morgan fingerprint density at radius 2 is 2.05 bits per heavy atom. The van der Waals surface area contributed by atoms with Crippen LogP contribution in [0.5, 0.6) is 5.75 Å². The molecular weight excluding hydrogens is 267 g/mol. The van der Waals surface area contributed by atoms with Crippen molar-refractivity contribution in [3.63, 3.8) is 0 Å². The Kier molecular flexibility index (Phi) is 3.84. The molecule has 1 aromatic carbocycles. The molecule has 0 aliphatic rings. The maximum absolute atomic E-state index is 13.5. The van der Waals surface area contributed by atoms with Gasteiger partial charge in [-0.05, 0) is 18.2 Å². The van der Waals surface area contributed by atoms with Crippen LogP contribution in [-0.4, -0.2) is 26.5 Å². The van der Waals surface area contributed by atoms with Gasteiger partial charge in [-0.15, -0.1) is 0 Å². The first kappa shape index (κ1) is 13.8. The molecule has 0 bridgehead atoms. The maximum Gasteiger partial charge on any atom is 0.338 e. The van der Waals surface area contributed by atoms with Gasteiger partial charge in [-0.1, -0.05) is 0 Å². The number of methoxy groups -OCH3 is 2. The van der Waals surface area contributed by atoms with Gasteiger partial charge in [0, 0.05) is 6.07 Å². The summed E-state index contributed by atoms with van der Waals surface area (Å²) in [5, 5.41) is 0. The van der Waals surface area contributed by atoms with Gasteiger partial charge in [0.05, 0.1) is 25.3 Å². The SMILES string of the molecule is COC(=O)c1cc(F)cc(OC)c1-c1ccc(C=O)o1. The van der Waals surface area contributed by atoms with Crippen LogP contribution < -0.4 is 4.74 Å². The molecule has 1 heterocycles. The maximum atomic E-state index is 13.5. The van der Waals surface area contributed by atoms with Crippen LogP contribution in [-0.2, 0) is 4.74 Å². The van der Waals surface area contributed by atoms with E-state index in [4.69, 9.17) is 9.15 Å². The summed E-state index contributed by atoms with van der Waals surface area (Å²) in [5.41, 5.74) is 0.185. The number of hydrogen-bond acceptors (Lipinski definition) is 5. The van der Waals surface area contributed by atoms with Gasteiger partial charge in [0.15, 0.2) is 12.0 Å². The molecule has 0 aliphatic carbocycles. The number of esters is 1. The van der Waals surface area contributed by atoms with Crippen LogP contribution in [0.3, 0.4) is 0 Å². The normalized spacial score (nSPS) is 10.2. The molecule has 0 fully saturated rings. The van der Waals surface area contributed by atoms with Crippen molar-refractivity contribution in [2.45, 2.75) is 0 Å². The largest absolute Gasteiger partial charge is 0.496 e. The van der Waals surface area contributed by atoms with E-state index in [0.717, 1.165) is 12.1 Å². The van der Waals surface area contributed by atoms with Gasteiger partial charge in [0.25, 0.3) is 0 Å². The predicted octanol–water partition coefficient (Wildman–Crippen LogP) is 2.69. The second kappa shape index (κ2) is 5.56. The first-order chi connectivity index (χ1) is 9.60. The molecule has 0 aliphatic heterocycles. The lowest BCUT2D eigenvalue weighted by Gasteiger charge is -2.11. The Labute approximate surface area is 113 Å². The van der Waals surface area contributed by atoms with Crippen LogP contribution in [0.2, 0.25) is 0 Å². The Balaban J connectivity index is 2.70. The van der Waals surface area contributed by atoms with E-state index in [1.54, 1.807) is 0 Å². The molecule has 0 atom stereocenters. The summed E-state index contributed by atoms with van der Waals surface area (Å²) in [6, 6.07) is 5.07. The van der Waals surface area contributed by atoms with E-state index in [1.165, 1.54) is 26.4 Å². The number of ether oxygens (including phenoxy) is 2. The number of furan rings is 1. The van der Waals surface area contributed by atoms with Gasteiger partial charge >= 0.3 is 5.97 Å². The van der Waals surface area contributed by atoms with E-state index in [2.05, 4.69) is 4.74 Å². The fourth-order valence-corrected chi connectivity index (χ4v) is 1.82. The number of carbonyl (C=O) groups excluding carboxylic acids is 2. The Hall–Kier alpha value is -2.63. The average molecular weight is 278 g/mol. The molecule has 104 valence electrons. The van der Waals surface area contributed by atoms with Crippen LogP contribution in [0.4, 0.5) is 4.39 Å². The number of carbonyl (C=O) groups is 2. The molecule has 0 amide bonds. The Morgan fingerprint density at radius 1 is 1.30 bits per heavy atom. The van der Waals surface area contributed by atoms with E-state index >= 15 is 0 Å². The Morgan fingerprint density at radius 3 is 2.60 bits per heavy atom. The van der Waals surface area contributed by atoms with Gasteiger partial charge in [0.2, 0.25) is 0 Å². The van der Waals surface area contributed by atoms with Gasteiger partial charge in [0.1, 0.15) is 17.3 Å². The minimum Gasteiger partial charge on any atom is -0.496 e. The zero-order valence-corrected chi connectivity index (χ0v) is 10.8. The standard InChI is InChI=1S/C14H11FO5/c1-18-12-6-8(15)5-10(14(17)19-2)13(12)11-4-3-9(7-16)20-11/h3-7H,1-2H3. The second-order valence-electron chi connectivity index (χ2n) is 3.84. The zero-order chi connectivity index (χ0) is 14.7. The molecule has 0 unspecified atom stereocenters. The number of benzene rings is 1. The Bertz CT molecular complexity index is 660.